The van der Waals surface area contributed by atoms with Gasteiger partial charge in [0.15, 0.2) is 0 Å². The lowest BCUT2D eigenvalue weighted by molar-refractivity contribution is 0.224. The molecule has 1 N–H and O–H groups in total. The Morgan fingerprint density at radius 2 is 1.47 bits per heavy atom. The van der Waals surface area contributed by atoms with Crippen molar-refractivity contribution in [3.63, 3.8) is 0 Å². The molecule has 0 spiro atoms. The molecule has 0 aromatic rings. The van der Waals surface area contributed by atoms with Gasteiger partial charge >= 0.3 is 0 Å². The van der Waals surface area contributed by atoms with E-state index in [0.717, 1.165) is 26.2 Å². The van der Waals surface area contributed by atoms with Crippen molar-refractivity contribution in [1.82, 2.24) is 10.2 Å². The average molecular weight is 214 g/mol. The fourth-order valence-corrected chi connectivity index (χ4v) is 1.62. The first-order valence-electron chi connectivity index (χ1n) is 5.99. The molecule has 0 aliphatic heterocycles. The average Bonchev–Trinajstić information content (AvgIpc) is 1.92. The van der Waals surface area contributed by atoms with Gasteiger partial charge in [0.2, 0.25) is 0 Å². The minimum atomic E-state index is 0.391. The van der Waals surface area contributed by atoms with Crippen molar-refractivity contribution in [3.05, 3.63) is 0 Å². The van der Waals surface area contributed by atoms with Crippen molar-refractivity contribution < 1.29 is 0 Å². The van der Waals surface area contributed by atoms with Crippen molar-refractivity contribution in [2.24, 2.45) is 10.8 Å². The molecule has 0 bridgehead atoms. The highest BCUT2D eigenvalue weighted by Crippen LogP contribution is 2.13. The minimum absolute atomic E-state index is 0.391. The molecule has 0 aliphatic carbocycles. The van der Waals surface area contributed by atoms with Crippen LogP contribution >= 0.6 is 0 Å². The molecular weight excluding hydrogens is 184 g/mol. The van der Waals surface area contributed by atoms with E-state index in [9.17, 15) is 0 Å². The summed E-state index contributed by atoms with van der Waals surface area (Å²) in [6.45, 7) is 18.1. The maximum absolute atomic E-state index is 3.50. The molecule has 0 aromatic heterocycles. The molecule has 0 saturated carbocycles. The van der Waals surface area contributed by atoms with Crippen LogP contribution in [0.25, 0.3) is 0 Å². The standard InChI is InChI=1S/C13H30N2/c1-12(2,3)10-14-8-9-15(7)11-13(4,5)6/h14H,8-11H2,1-7H3. The van der Waals surface area contributed by atoms with Gasteiger partial charge in [0, 0.05) is 26.2 Å². The van der Waals surface area contributed by atoms with Crippen molar-refractivity contribution in [3.8, 4) is 0 Å². The molecule has 15 heavy (non-hydrogen) atoms. The van der Waals surface area contributed by atoms with Crippen molar-refractivity contribution in [2.45, 2.75) is 41.5 Å². The van der Waals surface area contributed by atoms with Crippen LogP contribution < -0.4 is 5.32 Å². The molecule has 0 amide bonds. The maximum atomic E-state index is 3.50. The highest BCUT2D eigenvalue weighted by atomic mass is 15.1. The number of hydrogen-bond acceptors (Lipinski definition) is 2. The van der Waals surface area contributed by atoms with Crippen molar-refractivity contribution in [1.29, 1.82) is 0 Å². The quantitative estimate of drug-likeness (QED) is 0.708. The first-order valence-corrected chi connectivity index (χ1v) is 5.99. The van der Waals surface area contributed by atoms with Crippen LogP contribution in [0.4, 0.5) is 0 Å². The molecule has 92 valence electrons. The highest BCUT2D eigenvalue weighted by molar-refractivity contribution is 4.69. The molecule has 2 heteroatoms. The van der Waals surface area contributed by atoms with Gasteiger partial charge in [-0.2, -0.15) is 0 Å². The third-order valence-electron chi connectivity index (χ3n) is 2.07. The molecule has 0 radical (unpaired) electrons. The lowest BCUT2D eigenvalue weighted by Crippen LogP contribution is -2.37. The van der Waals surface area contributed by atoms with Crippen molar-refractivity contribution in [2.75, 3.05) is 33.2 Å². The van der Waals surface area contributed by atoms with Gasteiger partial charge in [-0.3, -0.25) is 0 Å². The molecule has 0 rings (SSSR count). The van der Waals surface area contributed by atoms with E-state index in [1.165, 1.54) is 0 Å². The van der Waals surface area contributed by atoms with Gasteiger partial charge in [0.25, 0.3) is 0 Å². The molecule has 0 atom stereocenters. The predicted octanol–water partition coefficient (Wildman–Crippen LogP) is 2.60. The molecule has 0 aliphatic rings. The van der Waals surface area contributed by atoms with E-state index in [1.54, 1.807) is 0 Å². The third kappa shape index (κ3) is 11.8. The van der Waals surface area contributed by atoms with E-state index in [-0.39, 0.29) is 0 Å². The molecule has 0 aromatic carbocycles. The SMILES string of the molecule is CN(CCNCC(C)(C)C)CC(C)(C)C. The van der Waals surface area contributed by atoms with Crippen LogP contribution in [0.2, 0.25) is 0 Å². The summed E-state index contributed by atoms with van der Waals surface area (Å²) < 4.78 is 0. The zero-order valence-corrected chi connectivity index (χ0v) is 11.8. The molecule has 2 nitrogen and oxygen atoms in total. The molecule has 0 unspecified atom stereocenters. The van der Waals surface area contributed by atoms with Crippen LogP contribution in [-0.4, -0.2) is 38.1 Å². The zero-order chi connectivity index (χ0) is 12.1. The van der Waals surface area contributed by atoms with Crippen LogP contribution in [0.3, 0.4) is 0 Å². The Bertz CT molecular complexity index is 162. The molecule has 0 fully saturated rings. The van der Waals surface area contributed by atoms with Gasteiger partial charge in [-0.05, 0) is 17.9 Å². The second-order valence-corrected chi connectivity index (χ2v) is 7.04. The lowest BCUT2D eigenvalue weighted by Gasteiger charge is -2.27. The van der Waals surface area contributed by atoms with Gasteiger partial charge in [0.05, 0.1) is 0 Å². The largest absolute Gasteiger partial charge is 0.315 e. The van der Waals surface area contributed by atoms with Gasteiger partial charge in [0.1, 0.15) is 0 Å². The number of nitrogens with zero attached hydrogens (tertiary/aromatic N) is 1. The van der Waals surface area contributed by atoms with Gasteiger partial charge in [-0.15, -0.1) is 0 Å². The monoisotopic (exact) mass is 214 g/mol. The van der Waals surface area contributed by atoms with Crippen LogP contribution in [0.15, 0.2) is 0 Å². The maximum Gasteiger partial charge on any atom is 0.0104 e. The van der Waals surface area contributed by atoms with Crippen LogP contribution in [-0.2, 0) is 0 Å². The second kappa shape index (κ2) is 5.86. The minimum Gasteiger partial charge on any atom is -0.315 e. The summed E-state index contributed by atoms with van der Waals surface area (Å²) in [6, 6.07) is 0. The van der Waals surface area contributed by atoms with Crippen LogP contribution in [0, 0.1) is 10.8 Å². The summed E-state index contributed by atoms with van der Waals surface area (Å²) in [5, 5.41) is 3.50. The Labute approximate surface area is 96.4 Å². The van der Waals surface area contributed by atoms with E-state index in [2.05, 4.69) is 58.8 Å². The van der Waals surface area contributed by atoms with Gasteiger partial charge < -0.3 is 10.2 Å². The molecular formula is C13H30N2. The van der Waals surface area contributed by atoms with Crippen LogP contribution in [0.5, 0.6) is 0 Å². The zero-order valence-electron chi connectivity index (χ0n) is 11.8. The van der Waals surface area contributed by atoms with E-state index >= 15 is 0 Å². The Morgan fingerprint density at radius 1 is 0.933 bits per heavy atom. The van der Waals surface area contributed by atoms with E-state index in [4.69, 9.17) is 0 Å². The number of hydrogen-bond donors (Lipinski definition) is 1. The summed E-state index contributed by atoms with van der Waals surface area (Å²) >= 11 is 0. The van der Waals surface area contributed by atoms with E-state index in [1.807, 2.05) is 0 Å². The third-order valence-corrected chi connectivity index (χ3v) is 2.07. The predicted molar refractivity (Wildman–Crippen MR) is 69.3 cm³/mol. The topological polar surface area (TPSA) is 15.3 Å². The molecule has 0 saturated heterocycles. The van der Waals surface area contributed by atoms with Gasteiger partial charge in [-0.1, -0.05) is 41.5 Å². The summed E-state index contributed by atoms with van der Waals surface area (Å²) in [7, 11) is 2.20. The second-order valence-electron chi connectivity index (χ2n) is 7.04. The summed E-state index contributed by atoms with van der Waals surface area (Å²) in [4.78, 5) is 2.40. The van der Waals surface area contributed by atoms with Crippen molar-refractivity contribution >= 4 is 0 Å². The van der Waals surface area contributed by atoms with Gasteiger partial charge in [-0.25, -0.2) is 0 Å². The molecule has 0 heterocycles. The Kier molecular flexibility index (Phi) is 5.82. The Balaban J connectivity index is 3.52. The smallest absolute Gasteiger partial charge is 0.0104 e. The fraction of sp³-hybridized carbons (Fsp3) is 1.00. The normalized spacial score (nSPS) is 13.6. The van der Waals surface area contributed by atoms with Crippen LogP contribution in [0.1, 0.15) is 41.5 Å². The number of nitrogens with one attached hydrogen (secondary N) is 1. The Hall–Kier alpha value is -0.0800. The first-order chi connectivity index (χ1) is 6.60. The lowest BCUT2D eigenvalue weighted by atomic mass is 9.96. The summed E-state index contributed by atoms with van der Waals surface area (Å²) in [5.74, 6) is 0. The van der Waals surface area contributed by atoms with E-state index < -0.39 is 0 Å². The van der Waals surface area contributed by atoms with E-state index in [0.29, 0.717) is 10.8 Å². The summed E-state index contributed by atoms with van der Waals surface area (Å²) in [5.41, 5.74) is 0.793. The fourth-order valence-electron chi connectivity index (χ4n) is 1.62. The highest BCUT2D eigenvalue weighted by Gasteiger charge is 2.13. The summed E-state index contributed by atoms with van der Waals surface area (Å²) in [6.07, 6.45) is 0. The number of rotatable bonds is 5. The first kappa shape index (κ1) is 14.9. The number of likely N-dealkylation sites (N-methyl/N-ethyl adjacent to an activating group) is 1. The Morgan fingerprint density at radius 3 is 1.87 bits per heavy atom.